The molecular formula is C28H24FN3O4. The Morgan fingerprint density at radius 2 is 1.83 bits per heavy atom. The van der Waals surface area contributed by atoms with Crippen LogP contribution in [0.1, 0.15) is 45.8 Å². The summed E-state index contributed by atoms with van der Waals surface area (Å²) in [6.45, 7) is 2.53. The van der Waals surface area contributed by atoms with Gasteiger partial charge in [-0.2, -0.15) is 0 Å². The maximum atomic E-state index is 14.6. The zero-order valence-corrected chi connectivity index (χ0v) is 19.6. The van der Waals surface area contributed by atoms with Crippen LogP contribution < -0.4 is 5.32 Å². The van der Waals surface area contributed by atoms with Gasteiger partial charge in [0.2, 0.25) is 5.91 Å². The molecule has 2 fully saturated rings. The van der Waals surface area contributed by atoms with Gasteiger partial charge in [-0.25, -0.2) is 4.39 Å². The van der Waals surface area contributed by atoms with Crippen molar-refractivity contribution in [2.45, 2.75) is 37.3 Å². The zero-order valence-electron chi connectivity index (χ0n) is 19.6. The van der Waals surface area contributed by atoms with E-state index in [0.717, 1.165) is 24.0 Å². The monoisotopic (exact) mass is 485 g/mol. The van der Waals surface area contributed by atoms with Crippen LogP contribution in [0.4, 0.5) is 15.8 Å². The Balaban J connectivity index is 1.59. The fourth-order valence-electron chi connectivity index (χ4n) is 6.62. The first-order chi connectivity index (χ1) is 17.3. The van der Waals surface area contributed by atoms with Gasteiger partial charge in [-0.15, -0.1) is 0 Å². The zero-order chi connectivity index (χ0) is 25.2. The number of hydrogen-bond donors (Lipinski definition) is 1. The number of rotatable bonds is 4. The molecular weight excluding hydrogens is 461 g/mol. The predicted molar refractivity (Wildman–Crippen MR) is 131 cm³/mol. The number of hydrogen-bond acceptors (Lipinski definition) is 5. The van der Waals surface area contributed by atoms with E-state index in [1.165, 1.54) is 24.3 Å². The van der Waals surface area contributed by atoms with Crippen molar-refractivity contribution in [3.8, 4) is 0 Å². The fraction of sp³-hybridized carbons (Fsp3) is 0.286. The SMILES string of the molecule is Cc1ccc(C(=O)C2C(c3ccc([N+](=O)[O-])cc3)C3CCCN3[C@@]23C(=O)Nc2ccc(F)cc23)cc1. The molecule has 0 aromatic heterocycles. The quantitative estimate of drug-likeness (QED) is 0.321. The van der Waals surface area contributed by atoms with Crippen LogP contribution in [0.5, 0.6) is 0 Å². The molecule has 4 atom stereocenters. The highest BCUT2D eigenvalue weighted by atomic mass is 19.1. The van der Waals surface area contributed by atoms with Crippen LogP contribution in [-0.4, -0.2) is 34.1 Å². The number of ketones is 1. The Labute approximate surface area is 207 Å². The summed E-state index contributed by atoms with van der Waals surface area (Å²) >= 11 is 0. The molecule has 36 heavy (non-hydrogen) atoms. The molecule has 0 saturated carbocycles. The number of aryl methyl sites for hydroxylation is 1. The minimum absolute atomic E-state index is 0.0397. The maximum Gasteiger partial charge on any atom is 0.269 e. The van der Waals surface area contributed by atoms with E-state index in [1.807, 2.05) is 19.1 Å². The predicted octanol–water partition coefficient (Wildman–Crippen LogP) is 4.95. The van der Waals surface area contributed by atoms with Crippen LogP contribution in [0.2, 0.25) is 0 Å². The Hall–Kier alpha value is -3.91. The Morgan fingerprint density at radius 1 is 1.11 bits per heavy atom. The van der Waals surface area contributed by atoms with E-state index in [2.05, 4.69) is 10.2 Å². The summed E-state index contributed by atoms with van der Waals surface area (Å²) in [7, 11) is 0. The van der Waals surface area contributed by atoms with E-state index in [4.69, 9.17) is 0 Å². The molecule has 8 heteroatoms. The molecule has 1 amide bonds. The van der Waals surface area contributed by atoms with E-state index in [1.54, 1.807) is 30.3 Å². The van der Waals surface area contributed by atoms with Crippen LogP contribution in [-0.2, 0) is 10.3 Å². The number of nitrogens with zero attached hydrogens (tertiary/aromatic N) is 2. The molecule has 1 spiro atoms. The number of nitro benzene ring substituents is 1. The van der Waals surface area contributed by atoms with Gasteiger partial charge in [0, 0.05) is 40.9 Å². The summed E-state index contributed by atoms with van der Waals surface area (Å²) in [5, 5.41) is 14.2. The van der Waals surface area contributed by atoms with Gasteiger partial charge in [-0.05, 0) is 50.1 Å². The second-order valence-electron chi connectivity index (χ2n) is 9.90. The maximum absolute atomic E-state index is 14.6. The van der Waals surface area contributed by atoms with Gasteiger partial charge in [0.1, 0.15) is 11.4 Å². The molecule has 3 unspecified atom stereocenters. The summed E-state index contributed by atoms with van der Waals surface area (Å²) in [6, 6.07) is 17.6. The van der Waals surface area contributed by atoms with Crippen LogP contribution in [0.15, 0.2) is 66.7 Å². The van der Waals surface area contributed by atoms with Gasteiger partial charge in [-0.3, -0.25) is 24.6 Å². The number of fused-ring (bicyclic) bond motifs is 4. The van der Waals surface area contributed by atoms with Gasteiger partial charge in [0.05, 0.1) is 10.8 Å². The van der Waals surface area contributed by atoms with Crippen molar-refractivity contribution < 1.29 is 18.9 Å². The van der Waals surface area contributed by atoms with Gasteiger partial charge in [0.25, 0.3) is 5.69 Å². The van der Waals surface area contributed by atoms with Crippen molar-refractivity contribution in [3.63, 3.8) is 0 Å². The fourth-order valence-corrected chi connectivity index (χ4v) is 6.62. The molecule has 6 rings (SSSR count). The highest BCUT2D eigenvalue weighted by Gasteiger charge is 2.69. The van der Waals surface area contributed by atoms with Crippen molar-refractivity contribution in [3.05, 3.63) is 105 Å². The van der Waals surface area contributed by atoms with Gasteiger partial charge < -0.3 is 5.32 Å². The molecule has 3 aliphatic heterocycles. The molecule has 0 bridgehead atoms. The molecule has 3 aliphatic rings. The number of Topliss-reactive ketones (excluding diaryl/α,β-unsaturated/α-hetero) is 1. The van der Waals surface area contributed by atoms with Crippen molar-refractivity contribution in [2.75, 3.05) is 11.9 Å². The highest BCUT2D eigenvalue weighted by molar-refractivity contribution is 6.12. The van der Waals surface area contributed by atoms with Gasteiger partial charge in [-0.1, -0.05) is 42.0 Å². The molecule has 7 nitrogen and oxygen atoms in total. The Kier molecular flexibility index (Phi) is 5.05. The lowest BCUT2D eigenvalue weighted by atomic mass is 9.68. The molecule has 0 radical (unpaired) electrons. The van der Waals surface area contributed by atoms with Gasteiger partial charge in [0.15, 0.2) is 5.78 Å². The molecule has 2 saturated heterocycles. The minimum atomic E-state index is -1.37. The first kappa shape index (κ1) is 22.5. The molecule has 3 heterocycles. The van der Waals surface area contributed by atoms with E-state index < -0.39 is 28.1 Å². The second-order valence-corrected chi connectivity index (χ2v) is 9.90. The average Bonchev–Trinajstić information content (AvgIpc) is 3.52. The number of anilines is 1. The van der Waals surface area contributed by atoms with Crippen molar-refractivity contribution in [1.82, 2.24) is 4.90 Å². The standard InChI is InChI=1S/C28H24FN3O4/c1-16-4-6-18(7-5-16)26(33)25-24(17-8-11-20(12-9-17)32(35)36)23-3-2-14-31(23)28(25)21-15-19(29)10-13-22(21)30-27(28)34/h4-13,15,23-25H,2-3,14H2,1H3,(H,30,34)/t23?,24?,25?,28-/m1/s1. The van der Waals surface area contributed by atoms with E-state index in [0.29, 0.717) is 23.4 Å². The summed E-state index contributed by atoms with van der Waals surface area (Å²) in [5.74, 6) is -2.23. The summed E-state index contributed by atoms with van der Waals surface area (Å²) < 4.78 is 14.6. The van der Waals surface area contributed by atoms with Gasteiger partial charge >= 0.3 is 0 Å². The van der Waals surface area contributed by atoms with Crippen LogP contribution in [0, 0.1) is 28.8 Å². The largest absolute Gasteiger partial charge is 0.324 e. The Morgan fingerprint density at radius 3 is 2.53 bits per heavy atom. The molecule has 3 aromatic rings. The Bertz CT molecular complexity index is 1410. The summed E-state index contributed by atoms with van der Waals surface area (Å²) in [5.41, 5.74) is 1.83. The number of benzene rings is 3. The van der Waals surface area contributed by atoms with E-state index in [-0.39, 0.29) is 23.4 Å². The number of non-ortho nitro benzene ring substituents is 1. The second kappa shape index (κ2) is 8.06. The van der Waals surface area contributed by atoms with Crippen molar-refractivity contribution in [2.24, 2.45) is 5.92 Å². The topological polar surface area (TPSA) is 92.5 Å². The van der Waals surface area contributed by atoms with Crippen molar-refractivity contribution in [1.29, 1.82) is 0 Å². The number of amides is 1. The van der Waals surface area contributed by atoms with Crippen LogP contribution in [0.25, 0.3) is 0 Å². The third-order valence-corrected chi connectivity index (χ3v) is 8.07. The first-order valence-electron chi connectivity index (χ1n) is 12.1. The highest BCUT2D eigenvalue weighted by Crippen LogP contribution is 2.61. The van der Waals surface area contributed by atoms with E-state index in [9.17, 15) is 24.1 Å². The lowest BCUT2D eigenvalue weighted by molar-refractivity contribution is -0.384. The lowest BCUT2D eigenvalue weighted by Crippen LogP contribution is -2.52. The minimum Gasteiger partial charge on any atom is -0.324 e. The lowest BCUT2D eigenvalue weighted by Gasteiger charge is -2.36. The number of nitrogens with one attached hydrogen (secondary N) is 1. The molecule has 182 valence electrons. The van der Waals surface area contributed by atoms with Crippen molar-refractivity contribution >= 4 is 23.1 Å². The number of carbonyl (C=O) groups is 2. The number of nitro groups is 1. The average molecular weight is 486 g/mol. The van der Waals surface area contributed by atoms with E-state index >= 15 is 0 Å². The summed E-state index contributed by atoms with van der Waals surface area (Å²) in [6.07, 6.45) is 1.60. The third-order valence-electron chi connectivity index (χ3n) is 8.07. The first-order valence-corrected chi connectivity index (χ1v) is 12.1. The summed E-state index contributed by atoms with van der Waals surface area (Å²) in [4.78, 5) is 41.1. The smallest absolute Gasteiger partial charge is 0.269 e. The molecule has 1 N–H and O–H groups in total. The van der Waals surface area contributed by atoms with Crippen LogP contribution >= 0.6 is 0 Å². The molecule has 0 aliphatic carbocycles. The normalized spacial score (nSPS) is 26.6. The third kappa shape index (κ3) is 3.07. The number of carbonyl (C=O) groups excluding carboxylic acids is 2. The van der Waals surface area contributed by atoms with Crippen LogP contribution in [0.3, 0.4) is 0 Å². The number of halogens is 1. The molecule has 3 aromatic carbocycles.